The fourth-order valence-electron chi connectivity index (χ4n) is 1.61. The van der Waals surface area contributed by atoms with Gasteiger partial charge in [-0.1, -0.05) is 35.9 Å². The molecule has 0 aliphatic rings. The van der Waals surface area contributed by atoms with Gasteiger partial charge in [-0.3, -0.25) is 0 Å². The van der Waals surface area contributed by atoms with E-state index < -0.39 is 0 Å². The van der Waals surface area contributed by atoms with Crippen molar-refractivity contribution in [3.8, 4) is 11.5 Å². The van der Waals surface area contributed by atoms with Crippen LogP contribution in [0, 0.1) is 6.92 Å². The smallest absolute Gasteiger partial charge is 0.130 e. The molecule has 1 atom stereocenters. The minimum Gasteiger partial charge on any atom is -0.490 e. The van der Waals surface area contributed by atoms with Crippen LogP contribution < -0.4 is 9.47 Å². The molecule has 0 aliphatic carbocycles. The summed E-state index contributed by atoms with van der Waals surface area (Å²) in [6, 6.07) is 17.8. The van der Waals surface area contributed by atoms with Gasteiger partial charge in [-0.15, -0.1) is 0 Å². The molecule has 2 rings (SSSR count). The second-order valence-corrected chi connectivity index (χ2v) is 4.37. The first-order chi connectivity index (χ1) is 8.74. The highest BCUT2D eigenvalue weighted by Crippen LogP contribution is 2.14. The number of hydrogen-bond acceptors (Lipinski definition) is 2. The summed E-state index contributed by atoms with van der Waals surface area (Å²) in [7, 11) is 0. The van der Waals surface area contributed by atoms with Crippen molar-refractivity contribution in [3.05, 3.63) is 60.2 Å². The Kier molecular flexibility index (Phi) is 4.24. The molecule has 2 aromatic carbocycles. The molecule has 0 amide bonds. The molecule has 94 valence electrons. The molecule has 0 radical (unpaired) electrons. The first kappa shape index (κ1) is 12.5. The highest BCUT2D eigenvalue weighted by atomic mass is 16.5. The quantitative estimate of drug-likeness (QED) is 0.793. The number of benzene rings is 2. The predicted octanol–water partition coefficient (Wildman–Crippen LogP) is 3.84. The van der Waals surface area contributed by atoms with Crippen LogP contribution >= 0.6 is 0 Å². The van der Waals surface area contributed by atoms with Gasteiger partial charge in [0.15, 0.2) is 0 Å². The number of aryl methyl sites for hydroxylation is 1. The summed E-state index contributed by atoms with van der Waals surface area (Å²) in [5, 5.41) is 0. The van der Waals surface area contributed by atoms with Crippen LogP contribution in [-0.2, 0) is 0 Å². The molecule has 0 saturated heterocycles. The summed E-state index contributed by atoms with van der Waals surface area (Å²) in [6.45, 7) is 4.60. The molecular weight excluding hydrogens is 224 g/mol. The zero-order chi connectivity index (χ0) is 12.8. The minimum atomic E-state index is 0.0212. The van der Waals surface area contributed by atoms with Crippen LogP contribution in [0.1, 0.15) is 12.5 Å². The molecule has 0 aliphatic heterocycles. The number of para-hydroxylation sites is 1. The third-order valence-corrected chi connectivity index (χ3v) is 2.59. The second-order valence-electron chi connectivity index (χ2n) is 4.37. The first-order valence-electron chi connectivity index (χ1n) is 6.15. The van der Waals surface area contributed by atoms with Crippen LogP contribution in [0.3, 0.4) is 0 Å². The molecule has 0 saturated carbocycles. The molecule has 0 spiro atoms. The van der Waals surface area contributed by atoms with E-state index in [1.165, 1.54) is 5.56 Å². The largest absolute Gasteiger partial charge is 0.490 e. The lowest BCUT2D eigenvalue weighted by molar-refractivity contribution is 0.143. The van der Waals surface area contributed by atoms with Gasteiger partial charge < -0.3 is 9.47 Å². The van der Waals surface area contributed by atoms with E-state index in [0.29, 0.717) is 6.61 Å². The molecule has 0 fully saturated rings. The van der Waals surface area contributed by atoms with Crippen LogP contribution in [0.2, 0.25) is 0 Å². The van der Waals surface area contributed by atoms with E-state index in [1.807, 2.05) is 61.5 Å². The normalized spacial score (nSPS) is 11.9. The van der Waals surface area contributed by atoms with E-state index in [1.54, 1.807) is 0 Å². The van der Waals surface area contributed by atoms with Gasteiger partial charge in [0.05, 0.1) is 0 Å². The standard InChI is InChI=1S/C16H18O2/c1-13-8-10-16(11-9-13)18-14(2)12-17-15-6-4-3-5-7-15/h3-11,14H,12H2,1-2H3. The third kappa shape index (κ3) is 3.81. The minimum absolute atomic E-state index is 0.0212. The summed E-state index contributed by atoms with van der Waals surface area (Å²) < 4.78 is 11.4. The Labute approximate surface area is 108 Å². The van der Waals surface area contributed by atoms with Crippen LogP contribution in [0.25, 0.3) is 0 Å². The topological polar surface area (TPSA) is 18.5 Å². The van der Waals surface area contributed by atoms with Crippen molar-refractivity contribution in [3.63, 3.8) is 0 Å². The van der Waals surface area contributed by atoms with E-state index in [0.717, 1.165) is 11.5 Å². The van der Waals surface area contributed by atoms with Crippen LogP contribution in [0.4, 0.5) is 0 Å². The SMILES string of the molecule is Cc1ccc(OC(C)COc2ccccc2)cc1. The first-order valence-corrected chi connectivity index (χ1v) is 6.15. The lowest BCUT2D eigenvalue weighted by Gasteiger charge is -2.15. The average molecular weight is 242 g/mol. The van der Waals surface area contributed by atoms with Crippen LogP contribution in [0.15, 0.2) is 54.6 Å². The monoisotopic (exact) mass is 242 g/mol. The fraction of sp³-hybridized carbons (Fsp3) is 0.250. The van der Waals surface area contributed by atoms with E-state index in [-0.39, 0.29) is 6.10 Å². The molecule has 0 heterocycles. The lowest BCUT2D eigenvalue weighted by Crippen LogP contribution is -2.21. The van der Waals surface area contributed by atoms with Gasteiger partial charge in [0, 0.05) is 0 Å². The van der Waals surface area contributed by atoms with Gasteiger partial charge in [-0.2, -0.15) is 0 Å². The second kappa shape index (κ2) is 6.10. The van der Waals surface area contributed by atoms with Crippen molar-refractivity contribution in [1.29, 1.82) is 0 Å². The Hall–Kier alpha value is -1.96. The fourth-order valence-corrected chi connectivity index (χ4v) is 1.61. The van der Waals surface area contributed by atoms with Gasteiger partial charge in [0.1, 0.15) is 24.2 Å². The summed E-state index contributed by atoms with van der Waals surface area (Å²) in [6.07, 6.45) is 0.0212. The third-order valence-electron chi connectivity index (χ3n) is 2.59. The van der Waals surface area contributed by atoms with Crippen molar-refractivity contribution in [2.45, 2.75) is 20.0 Å². The van der Waals surface area contributed by atoms with Crippen molar-refractivity contribution >= 4 is 0 Å². The van der Waals surface area contributed by atoms with Gasteiger partial charge in [0.25, 0.3) is 0 Å². The van der Waals surface area contributed by atoms with Crippen LogP contribution in [-0.4, -0.2) is 12.7 Å². The van der Waals surface area contributed by atoms with Gasteiger partial charge >= 0.3 is 0 Å². The molecule has 0 N–H and O–H groups in total. The van der Waals surface area contributed by atoms with Gasteiger partial charge in [-0.05, 0) is 38.1 Å². The summed E-state index contributed by atoms with van der Waals surface area (Å²) in [4.78, 5) is 0. The Morgan fingerprint density at radius 1 is 0.889 bits per heavy atom. The van der Waals surface area contributed by atoms with Crippen molar-refractivity contribution in [2.24, 2.45) is 0 Å². The predicted molar refractivity (Wildman–Crippen MR) is 73.2 cm³/mol. The van der Waals surface area contributed by atoms with Crippen molar-refractivity contribution in [2.75, 3.05) is 6.61 Å². The Morgan fingerprint density at radius 2 is 1.56 bits per heavy atom. The maximum Gasteiger partial charge on any atom is 0.130 e. The highest BCUT2D eigenvalue weighted by molar-refractivity contribution is 5.26. The zero-order valence-electron chi connectivity index (χ0n) is 10.8. The van der Waals surface area contributed by atoms with E-state index in [2.05, 4.69) is 6.92 Å². The maximum absolute atomic E-state index is 5.77. The number of hydrogen-bond donors (Lipinski definition) is 0. The van der Waals surface area contributed by atoms with Gasteiger partial charge in [0.2, 0.25) is 0 Å². The molecule has 2 nitrogen and oxygen atoms in total. The molecule has 2 heteroatoms. The number of ether oxygens (including phenoxy) is 2. The molecule has 0 bridgehead atoms. The Balaban J connectivity index is 1.82. The summed E-state index contributed by atoms with van der Waals surface area (Å²) in [5.74, 6) is 1.75. The Morgan fingerprint density at radius 3 is 2.22 bits per heavy atom. The molecule has 2 aromatic rings. The van der Waals surface area contributed by atoms with Crippen LogP contribution in [0.5, 0.6) is 11.5 Å². The zero-order valence-corrected chi connectivity index (χ0v) is 10.8. The molecule has 0 aromatic heterocycles. The molecule has 18 heavy (non-hydrogen) atoms. The van der Waals surface area contributed by atoms with E-state index >= 15 is 0 Å². The Bertz CT molecular complexity index is 462. The van der Waals surface area contributed by atoms with Gasteiger partial charge in [-0.25, -0.2) is 0 Å². The van der Waals surface area contributed by atoms with E-state index in [9.17, 15) is 0 Å². The summed E-state index contributed by atoms with van der Waals surface area (Å²) >= 11 is 0. The number of rotatable bonds is 5. The average Bonchev–Trinajstić information content (AvgIpc) is 2.40. The summed E-state index contributed by atoms with van der Waals surface area (Å²) in [5.41, 5.74) is 1.23. The van der Waals surface area contributed by atoms with Crippen molar-refractivity contribution in [1.82, 2.24) is 0 Å². The molecule has 1 unspecified atom stereocenters. The molecular formula is C16H18O2. The highest BCUT2D eigenvalue weighted by Gasteiger charge is 2.04. The lowest BCUT2D eigenvalue weighted by atomic mass is 10.2. The maximum atomic E-state index is 5.77. The van der Waals surface area contributed by atoms with Crippen molar-refractivity contribution < 1.29 is 9.47 Å². The van der Waals surface area contributed by atoms with E-state index in [4.69, 9.17) is 9.47 Å².